The zero-order chi connectivity index (χ0) is 28.7. The van der Waals surface area contributed by atoms with Crippen LogP contribution in [0.5, 0.6) is 5.75 Å². The highest BCUT2D eigenvalue weighted by atomic mass is 16.5. The molecule has 210 valence electrons. The van der Waals surface area contributed by atoms with Crippen molar-refractivity contribution in [2.45, 2.75) is 58.0 Å². The normalized spacial score (nSPS) is 19.4. The molecule has 1 aliphatic heterocycles. The third-order valence-corrected chi connectivity index (χ3v) is 6.90. The Morgan fingerprint density at radius 2 is 1.55 bits per heavy atom. The molecule has 0 aliphatic carbocycles. The number of benzene rings is 3. The van der Waals surface area contributed by atoms with Gasteiger partial charge in [0.05, 0.1) is 13.2 Å². The van der Waals surface area contributed by atoms with Crippen LogP contribution < -0.4 is 20.8 Å². The predicted octanol–water partition coefficient (Wildman–Crippen LogP) is 5.80. The summed E-state index contributed by atoms with van der Waals surface area (Å²) in [5.74, 6) is -0.0669. The standard InChI is InChI=1S/C32H38N4O4/c1-32(2,3)21-29(37)35-36-28(23-14-9-6-10-15-23)19-24(22-12-7-5-8-13-22)18-27(30(36)38)34-31(39)33-25-16-11-17-26(20-25)40-4/h5-17,20,24,27-28H,18-19,21H2,1-4H3,(H,35,37)(H2,33,34,39). The van der Waals surface area contributed by atoms with E-state index in [2.05, 4.69) is 16.1 Å². The Morgan fingerprint density at radius 3 is 2.17 bits per heavy atom. The quantitative estimate of drug-likeness (QED) is 0.351. The molecule has 0 spiro atoms. The van der Waals surface area contributed by atoms with Crippen molar-refractivity contribution in [2.75, 3.05) is 12.4 Å². The Kier molecular flexibility index (Phi) is 9.09. The lowest BCUT2D eigenvalue weighted by Gasteiger charge is -2.33. The van der Waals surface area contributed by atoms with Crippen LogP contribution in [0.1, 0.15) is 63.1 Å². The van der Waals surface area contributed by atoms with E-state index < -0.39 is 18.1 Å². The van der Waals surface area contributed by atoms with Crippen molar-refractivity contribution in [1.82, 2.24) is 15.8 Å². The van der Waals surface area contributed by atoms with Crippen molar-refractivity contribution in [1.29, 1.82) is 0 Å². The van der Waals surface area contributed by atoms with Gasteiger partial charge in [-0.2, -0.15) is 0 Å². The number of methoxy groups -OCH3 is 1. The maximum Gasteiger partial charge on any atom is 0.319 e. The van der Waals surface area contributed by atoms with Crippen LogP contribution in [0.4, 0.5) is 10.5 Å². The molecule has 4 amide bonds. The average molecular weight is 543 g/mol. The van der Waals surface area contributed by atoms with E-state index in [0.29, 0.717) is 24.3 Å². The Balaban J connectivity index is 1.67. The molecule has 0 bridgehead atoms. The van der Waals surface area contributed by atoms with Gasteiger partial charge in [0.15, 0.2) is 0 Å². The van der Waals surface area contributed by atoms with E-state index >= 15 is 0 Å². The summed E-state index contributed by atoms with van der Waals surface area (Å²) in [6.07, 6.45) is 1.20. The van der Waals surface area contributed by atoms with Crippen LogP contribution in [0.3, 0.4) is 0 Å². The molecule has 3 unspecified atom stereocenters. The number of carbonyl (C=O) groups excluding carboxylic acids is 3. The van der Waals surface area contributed by atoms with Crippen molar-refractivity contribution in [2.24, 2.45) is 5.41 Å². The van der Waals surface area contributed by atoms with Crippen molar-refractivity contribution < 1.29 is 19.1 Å². The Bertz CT molecular complexity index is 1310. The molecule has 1 saturated heterocycles. The number of nitrogens with zero attached hydrogens (tertiary/aromatic N) is 1. The van der Waals surface area contributed by atoms with Crippen molar-refractivity contribution in [3.05, 3.63) is 96.1 Å². The molecule has 3 N–H and O–H groups in total. The molecule has 1 fully saturated rings. The van der Waals surface area contributed by atoms with Crippen LogP contribution in [-0.4, -0.2) is 36.0 Å². The molecule has 40 heavy (non-hydrogen) atoms. The second-order valence-electron chi connectivity index (χ2n) is 11.4. The number of hydrazine groups is 1. The number of hydrogen-bond acceptors (Lipinski definition) is 4. The minimum Gasteiger partial charge on any atom is -0.497 e. The number of nitrogens with one attached hydrogen (secondary N) is 3. The maximum atomic E-state index is 14.1. The Labute approximate surface area is 236 Å². The number of rotatable bonds is 7. The highest BCUT2D eigenvalue weighted by Gasteiger charge is 2.40. The van der Waals surface area contributed by atoms with Crippen LogP contribution >= 0.6 is 0 Å². The van der Waals surface area contributed by atoms with Crippen LogP contribution in [0.15, 0.2) is 84.9 Å². The lowest BCUT2D eigenvalue weighted by molar-refractivity contribution is -0.146. The fourth-order valence-electron chi connectivity index (χ4n) is 5.07. The minimum atomic E-state index is -0.875. The first-order valence-electron chi connectivity index (χ1n) is 13.6. The molecule has 3 aromatic rings. The molecule has 0 saturated carbocycles. The van der Waals surface area contributed by atoms with Gasteiger partial charge >= 0.3 is 6.03 Å². The molecule has 3 aromatic carbocycles. The molecular weight excluding hydrogens is 504 g/mol. The fourth-order valence-corrected chi connectivity index (χ4v) is 5.07. The van der Waals surface area contributed by atoms with E-state index in [1.807, 2.05) is 81.4 Å². The first kappa shape index (κ1) is 28.7. The second kappa shape index (κ2) is 12.7. The monoisotopic (exact) mass is 542 g/mol. The van der Waals surface area contributed by atoms with E-state index in [1.54, 1.807) is 31.4 Å². The summed E-state index contributed by atoms with van der Waals surface area (Å²) in [6.45, 7) is 5.93. The van der Waals surface area contributed by atoms with E-state index in [0.717, 1.165) is 11.1 Å². The van der Waals surface area contributed by atoms with Gasteiger partial charge in [0.25, 0.3) is 5.91 Å². The average Bonchev–Trinajstić information content (AvgIpc) is 3.05. The topological polar surface area (TPSA) is 99.8 Å². The van der Waals surface area contributed by atoms with Crippen molar-refractivity contribution in [3.8, 4) is 5.75 Å². The third-order valence-electron chi connectivity index (χ3n) is 6.90. The maximum absolute atomic E-state index is 14.1. The summed E-state index contributed by atoms with van der Waals surface area (Å²) in [4.78, 5) is 40.4. The number of urea groups is 1. The number of anilines is 1. The van der Waals surface area contributed by atoms with Gasteiger partial charge in [-0.1, -0.05) is 87.5 Å². The van der Waals surface area contributed by atoms with E-state index in [1.165, 1.54) is 5.01 Å². The summed E-state index contributed by atoms with van der Waals surface area (Å²) < 4.78 is 5.25. The van der Waals surface area contributed by atoms with Gasteiger partial charge in [0.2, 0.25) is 5.91 Å². The lowest BCUT2D eigenvalue weighted by atomic mass is 9.86. The van der Waals surface area contributed by atoms with E-state index in [-0.39, 0.29) is 29.6 Å². The van der Waals surface area contributed by atoms with Crippen LogP contribution in [-0.2, 0) is 9.59 Å². The number of carbonyl (C=O) groups is 3. The molecule has 1 aliphatic rings. The number of amides is 4. The minimum absolute atomic E-state index is 0.0537. The van der Waals surface area contributed by atoms with E-state index in [9.17, 15) is 14.4 Å². The highest BCUT2D eigenvalue weighted by molar-refractivity contribution is 5.94. The van der Waals surface area contributed by atoms with Crippen LogP contribution in [0, 0.1) is 5.41 Å². The van der Waals surface area contributed by atoms with E-state index in [4.69, 9.17) is 4.74 Å². The zero-order valence-electron chi connectivity index (χ0n) is 23.5. The summed E-state index contributed by atoms with van der Waals surface area (Å²) in [7, 11) is 1.55. The first-order chi connectivity index (χ1) is 19.1. The van der Waals surface area contributed by atoms with Crippen molar-refractivity contribution >= 4 is 23.5 Å². The zero-order valence-corrected chi connectivity index (χ0v) is 23.5. The molecule has 0 radical (unpaired) electrons. The fraction of sp³-hybridized carbons (Fsp3) is 0.344. The van der Waals surface area contributed by atoms with Gasteiger partial charge in [-0.25, -0.2) is 9.80 Å². The van der Waals surface area contributed by atoms with Crippen LogP contribution in [0.25, 0.3) is 0 Å². The molecular formula is C32H38N4O4. The highest BCUT2D eigenvalue weighted by Crippen LogP contribution is 2.38. The molecule has 3 atom stereocenters. The molecule has 0 aromatic heterocycles. The van der Waals surface area contributed by atoms with Crippen molar-refractivity contribution in [3.63, 3.8) is 0 Å². The SMILES string of the molecule is COc1cccc(NC(=O)NC2CC(c3ccccc3)CC(c3ccccc3)N(NC(=O)CC(C)(C)C)C2=O)c1. The summed E-state index contributed by atoms with van der Waals surface area (Å²) in [6, 6.07) is 24.9. The number of ether oxygens (including phenoxy) is 1. The third kappa shape index (κ3) is 7.62. The van der Waals surface area contributed by atoms with Gasteiger partial charge in [0, 0.05) is 18.2 Å². The lowest BCUT2D eigenvalue weighted by Crippen LogP contribution is -2.55. The second-order valence-corrected chi connectivity index (χ2v) is 11.4. The Hall–Kier alpha value is -4.33. The molecule has 8 nitrogen and oxygen atoms in total. The largest absolute Gasteiger partial charge is 0.497 e. The smallest absolute Gasteiger partial charge is 0.319 e. The van der Waals surface area contributed by atoms with Gasteiger partial charge in [0.1, 0.15) is 11.8 Å². The van der Waals surface area contributed by atoms with Gasteiger partial charge < -0.3 is 15.4 Å². The predicted molar refractivity (Wildman–Crippen MR) is 156 cm³/mol. The molecule has 8 heteroatoms. The summed E-state index contributed by atoms with van der Waals surface area (Å²) in [5, 5.41) is 7.12. The van der Waals surface area contributed by atoms with Gasteiger partial charge in [-0.3, -0.25) is 15.0 Å². The molecule has 1 heterocycles. The summed E-state index contributed by atoms with van der Waals surface area (Å²) in [5.41, 5.74) is 5.17. The summed E-state index contributed by atoms with van der Waals surface area (Å²) >= 11 is 0. The van der Waals surface area contributed by atoms with Gasteiger partial charge in [-0.05, 0) is 47.4 Å². The first-order valence-corrected chi connectivity index (χ1v) is 13.6. The number of hydrogen-bond donors (Lipinski definition) is 3. The molecule has 4 rings (SSSR count). The van der Waals surface area contributed by atoms with Crippen LogP contribution in [0.2, 0.25) is 0 Å². The van der Waals surface area contributed by atoms with Gasteiger partial charge in [-0.15, -0.1) is 0 Å². The Morgan fingerprint density at radius 1 is 0.900 bits per heavy atom.